The van der Waals surface area contributed by atoms with Crippen molar-refractivity contribution < 1.29 is 13.2 Å². The molecule has 0 spiro atoms. The van der Waals surface area contributed by atoms with Crippen LogP contribution in [0.5, 0.6) is 0 Å². The van der Waals surface area contributed by atoms with Crippen LogP contribution >= 0.6 is 0 Å². The zero-order chi connectivity index (χ0) is 16.6. The molecule has 5 nitrogen and oxygen atoms in total. The van der Waals surface area contributed by atoms with Crippen molar-refractivity contribution in [3.63, 3.8) is 0 Å². The molecular weight excluding hydrogens is 312 g/mol. The van der Waals surface area contributed by atoms with E-state index in [-0.39, 0.29) is 11.8 Å². The van der Waals surface area contributed by atoms with Gasteiger partial charge in [0.25, 0.3) is 0 Å². The van der Waals surface area contributed by atoms with Crippen molar-refractivity contribution in [1.29, 1.82) is 0 Å². The Morgan fingerprint density at radius 1 is 1.00 bits per heavy atom. The average molecular weight is 343 g/mol. The van der Waals surface area contributed by atoms with Gasteiger partial charge in [0.2, 0.25) is 15.9 Å². The predicted molar refractivity (Wildman–Crippen MR) is 90.4 cm³/mol. The van der Waals surface area contributed by atoms with Gasteiger partial charge in [-0.05, 0) is 57.3 Å². The van der Waals surface area contributed by atoms with Crippen molar-refractivity contribution in [2.75, 3.05) is 19.3 Å². The lowest BCUT2D eigenvalue weighted by Crippen LogP contribution is -2.51. The highest BCUT2D eigenvalue weighted by Crippen LogP contribution is 2.37. The summed E-state index contributed by atoms with van der Waals surface area (Å²) in [6.07, 6.45) is 9.78. The number of carbonyl (C=O) groups is 1. The molecule has 0 aromatic rings. The topological polar surface area (TPSA) is 57.7 Å². The number of carbonyl (C=O) groups excluding carboxylic acids is 1. The Labute approximate surface area is 140 Å². The molecule has 1 unspecified atom stereocenters. The molecular formula is C17H30N2O3S. The lowest BCUT2D eigenvalue weighted by Gasteiger charge is -2.40. The Morgan fingerprint density at radius 2 is 1.57 bits per heavy atom. The highest BCUT2D eigenvalue weighted by Gasteiger charge is 2.42. The van der Waals surface area contributed by atoms with Crippen LogP contribution in [0.25, 0.3) is 0 Å². The first kappa shape index (κ1) is 17.2. The van der Waals surface area contributed by atoms with Crippen molar-refractivity contribution in [1.82, 2.24) is 9.21 Å². The molecule has 3 fully saturated rings. The molecule has 1 heterocycles. The molecule has 23 heavy (non-hydrogen) atoms. The molecule has 2 aliphatic carbocycles. The molecule has 3 aliphatic rings. The van der Waals surface area contributed by atoms with E-state index in [4.69, 9.17) is 0 Å². The Kier molecular flexibility index (Phi) is 5.02. The molecule has 132 valence electrons. The molecule has 1 atom stereocenters. The third-order valence-electron chi connectivity index (χ3n) is 5.78. The normalized spacial score (nSPS) is 33.4. The van der Waals surface area contributed by atoms with Crippen LogP contribution in [0.1, 0.15) is 58.3 Å². The molecule has 1 saturated heterocycles. The van der Waals surface area contributed by atoms with Crippen LogP contribution in [0.4, 0.5) is 0 Å². The first-order valence-electron chi connectivity index (χ1n) is 9.13. The lowest BCUT2D eigenvalue weighted by molar-refractivity contribution is -0.140. The molecule has 1 aliphatic heterocycles. The van der Waals surface area contributed by atoms with Crippen LogP contribution in [-0.4, -0.2) is 55.0 Å². The maximum atomic E-state index is 13.1. The van der Waals surface area contributed by atoms with Crippen molar-refractivity contribution in [2.24, 2.45) is 11.8 Å². The molecule has 0 N–H and O–H groups in total. The van der Waals surface area contributed by atoms with Crippen molar-refractivity contribution in [3.05, 3.63) is 0 Å². The van der Waals surface area contributed by atoms with Gasteiger partial charge in [-0.15, -0.1) is 0 Å². The van der Waals surface area contributed by atoms with Gasteiger partial charge in [-0.1, -0.05) is 6.92 Å². The molecule has 0 radical (unpaired) electrons. The van der Waals surface area contributed by atoms with Gasteiger partial charge in [-0.3, -0.25) is 4.79 Å². The third-order valence-corrected chi connectivity index (χ3v) is 7.05. The summed E-state index contributed by atoms with van der Waals surface area (Å²) in [4.78, 5) is 15.3. The Morgan fingerprint density at radius 3 is 2.09 bits per heavy atom. The van der Waals surface area contributed by atoms with Gasteiger partial charge in [-0.2, -0.15) is 0 Å². The van der Waals surface area contributed by atoms with Crippen LogP contribution in [0.15, 0.2) is 0 Å². The summed E-state index contributed by atoms with van der Waals surface area (Å²) < 4.78 is 25.1. The summed E-state index contributed by atoms with van der Waals surface area (Å²) in [5.41, 5.74) is 0. The summed E-state index contributed by atoms with van der Waals surface area (Å²) >= 11 is 0. The number of piperidine rings is 1. The zero-order valence-electron chi connectivity index (χ0n) is 14.4. The maximum Gasteiger partial charge on any atom is 0.227 e. The van der Waals surface area contributed by atoms with Gasteiger partial charge >= 0.3 is 0 Å². The number of amides is 1. The van der Waals surface area contributed by atoms with Gasteiger partial charge < -0.3 is 4.90 Å². The van der Waals surface area contributed by atoms with E-state index >= 15 is 0 Å². The smallest absolute Gasteiger partial charge is 0.227 e. The SMILES string of the molecule is CC1CCC(N(C(=O)C2CCCN(S(C)(=O)=O)C2)C2CC2)CC1. The van der Waals surface area contributed by atoms with Crippen molar-refractivity contribution in [2.45, 2.75) is 70.4 Å². The van der Waals surface area contributed by atoms with E-state index in [0.717, 1.165) is 44.4 Å². The van der Waals surface area contributed by atoms with E-state index < -0.39 is 10.0 Å². The Balaban J connectivity index is 1.69. The molecule has 0 aromatic carbocycles. The molecule has 0 bridgehead atoms. The highest BCUT2D eigenvalue weighted by molar-refractivity contribution is 7.88. The molecule has 3 rings (SSSR count). The summed E-state index contributed by atoms with van der Waals surface area (Å²) in [5, 5.41) is 0. The first-order chi connectivity index (χ1) is 10.9. The molecule has 2 saturated carbocycles. The highest BCUT2D eigenvalue weighted by atomic mass is 32.2. The van der Waals surface area contributed by atoms with E-state index in [9.17, 15) is 13.2 Å². The van der Waals surface area contributed by atoms with Crippen LogP contribution in [0.2, 0.25) is 0 Å². The van der Waals surface area contributed by atoms with E-state index in [1.165, 1.54) is 23.4 Å². The second-order valence-corrected chi connectivity index (χ2v) is 9.83. The van der Waals surface area contributed by atoms with Gasteiger partial charge in [0, 0.05) is 25.2 Å². The van der Waals surface area contributed by atoms with Gasteiger partial charge in [0.1, 0.15) is 0 Å². The van der Waals surface area contributed by atoms with Gasteiger partial charge in [0.05, 0.1) is 12.2 Å². The summed E-state index contributed by atoms with van der Waals surface area (Å²) in [7, 11) is -3.19. The predicted octanol–water partition coefficient (Wildman–Crippen LogP) is 2.23. The minimum Gasteiger partial charge on any atom is -0.336 e. The fourth-order valence-electron chi connectivity index (χ4n) is 4.19. The van der Waals surface area contributed by atoms with E-state index in [0.29, 0.717) is 25.2 Å². The quantitative estimate of drug-likeness (QED) is 0.787. The third kappa shape index (κ3) is 4.08. The fraction of sp³-hybridized carbons (Fsp3) is 0.941. The van der Waals surface area contributed by atoms with Crippen LogP contribution in [0.3, 0.4) is 0 Å². The van der Waals surface area contributed by atoms with Crippen molar-refractivity contribution >= 4 is 15.9 Å². The Bertz CT molecular complexity index is 536. The lowest BCUT2D eigenvalue weighted by atomic mass is 9.85. The second kappa shape index (κ2) is 6.71. The standard InChI is InChI=1S/C17H30N2O3S/c1-13-5-7-15(8-6-13)19(16-9-10-16)17(20)14-4-3-11-18(12-14)23(2,21)22/h13-16H,3-12H2,1-2H3. The van der Waals surface area contributed by atoms with Gasteiger partial charge in [-0.25, -0.2) is 12.7 Å². The van der Waals surface area contributed by atoms with E-state index in [1.54, 1.807) is 0 Å². The van der Waals surface area contributed by atoms with Crippen molar-refractivity contribution in [3.8, 4) is 0 Å². The largest absolute Gasteiger partial charge is 0.336 e. The number of nitrogens with zero attached hydrogens (tertiary/aromatic N) is 2. The number of hydrogen-bond acceptors (Lipinski definition) is 3. The monoisotopic (exact) mass is 342 g/mol. The van der Waals surface area contributed by atoms with Crippen LogP contribution in [0, 0.1) is 11.8 Å². The fourth-order valence-corrected chi connectivity index (χ4v) is 5.10. The van der Waals surface area contributed by atoms with E-state index in [2.05, 4.69) is 11.8 Å². The van der Waals surface area contributed by atoms with Crippen LogP contribution in [-0.2, 0) is 14.8 Å². The van der Waals surface area contributed by atoms with Crippen LogP contribution < -0.4 is 0 Å². The minimum atomic E-state index is -3.19. The number of rotatable bonds is 4. The first-order valence-corrected chi connectivity index (χ1v) is 11.0. The average Bonchev–Trinajstić information content (AvgIpc) is 3.33. The summed E-state index contributed by atoms with van der Waals surface area (Å²) in [5.74, 6) is 0.858. The number of hydrogen-bond donors (Lipinski definition) is 0. The molecule has 0 aromatic heterocycles. The van der Waals surface area contributed by atoms with E-state index in [1.807, 2.05) is 0 Å². The molecule has 1 amide bonds. The summed E-state index contributed by atoms with van der Waals surface area (Å²) in [6, 6.07) is 0.814. The molecule has 6 heteroatoms. The maximum absolute atomic E-state index is 13.1. The van der Waals surface area contributed by atoms with Gasteiger partial charge in [0.15, 0.2) is 0 Å². The Hall–Kier alpha value is -0.620. The minimum absolute atomic E-state index is 0.140. The zero-order valence-corrected chi connectivity index (χ0v) is 15.2. The summed E-state index contributed by atoms with van der Waals surface area (Å²) in [6.45, 7) is 3.24. The number of sulfonamides is 1. The second-order valence-electron chi connectivity index (χ2n) is 7.85.